The molecule has 1 aliphatic rings. The summed E-state index contributed by atoms with van der Waals surface area (Å²) in [4.78, 5) is 1.71. The molecule has 0 aromatic carbocycles. The standard InChI is InChI=1S/C7H13F2N/c1-6-3-4-7(8,9)5-10(6)2/h6H,3-5H2,1-2H3. The van der Waals surface area contributed by atoms with Gasteiger partial charge >= 0.3 is 0 Å². The number of piperidine rings is 1. The van der Waals surface area contributed by atoms with Gasteiger partial charge < -0.3 is 0 Å². The molecule has 0 aromatic heterocycles. The summed E-state index contributed by atoms with van der Waals surface area (Å²) in [6.07, 6.45) is 0.669. The zero-order valence-corrected chi connectivity index (χ0v) is 6.40. The van der Waals surface area contributed by atoms with E-state index in [1.54, 1.807) is 11.9 Å². The summed E-state index contributed by atoms with van der Waals surface area (Å²) >= 11 is 0. The van der Waals surface area contributed by atoms with Crippen LogP contribution in [0, 0.1) is 0 Å². The van der Waals surface area contributed by atoms with Gasteiger partial charge in [0.1, 0.15) is 0 Å². The number of halogens is 2. The minimum Gasteiger partial charge on any atom is -0.298 e. The van der Waals surface area contributed by atoms with Gasteiger partial charge in [0.2, 0.25) is 0 Å². The largest absolute Gasteiger partial charge is 0.298 e. The monoisotopic (exact) mass is 149 g/mol. The zero-order chi connectivity index (χ0) is 7.78. The molecule has 0 bridgehead atoms. The first-order chi connectivity index (χ1) is 4.51. The highest BCUT2D eigenvalue weighted by Gasteiger charge is 2.36. The van der Waals surface area contributed by atoms with Gasteiger partial charge in [0.25, 0.3) is 5.92 Å². The molecule has 0 aromatic rings. The lowest BCUT2D eigenvalue weighted by Gasteiger charge is -2.34. The van der Waals surface area contributed by atoms with Gasteiger partial charge in [-0.25, -0.2) is 8.78 Å². The average Bonchev–Trinajstić information content (AvgIpc) is 1.79. The van der Waals surface area contributed by atoms with Crippen LogP contribution in [0.1, 0.15) is 19.8 Å². The lowest BCUT2D eigenvalue weighted by atomic mass is 10.0. The number of alkyl halides is 2. The topological polar surface area (TPSA) is 3.24 Å². The van der Waals surface area contributed by atoms with Crippen molar-refractivity contribution in [2.75, 3.05) is 13.6 Å². The van der Waals surface area contributed by atoms with Crippen LogP contribution in [-0.4, -0.2) is 30.5 Å². The van der Waals surface area contributed by atoms with Crippen LogP contribution in [0.3, 0.4) is 0 Å². The maximum absolute atomic E-state index is 12.6. The van der Waals surface area contributed by atoms with Crippen LogP contribution >= 0.6 is 0 Å². The highest BCUT2D eigenvalue weighted by Crippen LogP contribution is 2.28. The molecule has 0 amide bonds. The third kappa shape index (κ3) is 1.66. The van der Waals surface area contributed by atoms with Gasteiger partial charge in [-0.15, -0.1) is 0 Å². The fourth-order valence-corrected chi connectivity index (χ4v) is 1.24. The van der Waals surface area contributed by atoms with Gasteiger partial charge in [-0.3, -0.25) is 4.90 Å². The fraction of sp³-hybridized carbons (Fsp3) is 1.00. The molecule has 3 heteroatoms. The Labute approximate surface area is 60.0 Å². The van der Waals surface area contributed by atoms with E-state index < -0.39 is 5.92 Å². The van der Waals surface area contributed by atoms with Crippen molar-refractivity contribution in [2.45, 2.75) is 31.7 Å². The van der Waals surface area contributed by atoms with Crippen LogP contribution in [0.2, 0.25) is 0 Å². The molecule has 1 fully saturated rings. The maximum atomic E-state index is 12.6. The highest BCUT2D eigenvalue weighted by molar-refractivity contribution is 4.81. The molecule has 1 heterocycles. The van der Waals surface area contributed by atoms with Gasteiger partial charge in [0, 0.05) is 12.5 Å². The third-order valence-corrected chi connectivity index (χ3v) is 2.16. The molecule has 10 heavy (non-hydrogen) atoms. The SMILES string of the molecule is CC1CCC(F)(F)CN1C. The van der Waals surface area contributed by atoms with E-state index in [9.17, 15) is 8.78 Å². The summed E-state index contributed by atoms with van der Waals surface area (Å²) in [5.74, 6) is -2.44. The van der Waals surface area contributed by atoms with Crippen molar-refractivity contribution in [1.82, 2.24) is 4.90 Å². The molecule has 1 aliphatic heterocycles. The Morgan fingerprint density at radius 2 is 2.10 bits per heavy atom. The van der Waals surface area contributed by atoms with Crippen LogP contribution in [0.5, 0.6) is 0 Å². The molecular formula is C7H13F2N. The highest BCUT2D eigenvalue weighted by atomic mass is 19.3. The molecule has 1 atom stereocenters. The predicted octanol–water partition coefficient (Wildman–Crippen LogP) is 1.74. The molecule has 0 radical (unpaired) electrons. The summed E-state index contributed by atoms with van der Waals surface area (Å²) in [6.45, 7) is 1.91. The second-order valence-electron chi connectivity index (χ2n) is 3.16. The second kappa shape index (κ2) is 2.46. The lowest BCUT2D eigenvalue weighted by molar-refractivity contribution is -0.0718. The first-order valence-electron chi connectivity index (χ1n) is 3.59. The van der Waals surface area contributed by atoms with Gasteiger partial charge in [0.15, 0.2) is 0 Å². The number of rotatable bonds is 0. The van der Waals surface area contributed by atoms with E-state index >= 15 is 0 Å². The van der Waals surface area contributed by atoms with Crippen molar-refractivity contribution in [3.05, 3.63) is 0 Å². The molecule has 1 rings (SSSR count). The summed E-state index contributed by atoms with van der Waals surface area (Å²) in [7, 11) is 1.75. The van der Waals surface area contributed by atoms with Crippen molar-refractivity contribution >= 4 is 0 Å². The van der Waals surface area contributed by atoms with Crippen LogP contribution in [0.25, 0.3) is 0 Å². The van der Waals surface area contributed by atoms with E-state index in [0.717, 1.165) is 0 Å². The summed E-state index contributed by atoms with van der Waals surface area (Å²) in [5, 5.41) is 0. The van der Waals surface area contributed by atoms with Crippen molar-refractivity contribution in [2.24, 2.45) is 0 Å². The Bertz CT molecular complexity index is 125. The van der Waals surface area contributed by atoms with Crippen LogP contribution in [0.15, 0.2) is 0 Å². The molecule has 1 nitrogen and oxygen atoms in total. The quantitative estimate of drug-likeness (QED) is 0.507. The minimum atomic E-state index is -2.44. The molecule has 0 saturated carbocycles. The second-order valence-corrected chi connectivity index (χ2v) is 3.16. The smallest absolute Gasteiger partial charge is 0.260 e. The first-order valence-corrected chi connectivity index (χ1v) is 3.59. The van der Waals surface area contributed by atoms with Crippen LogP contribution in [-0.2, 0) is 0 Å². The zero-order valence-electron chi connectivity index (χ0n) is 6.40. The maximum Gasteiger partial charge on any atom is 0.260 e. The van der Waals surface area contributed by atoms with Crippen LogP contribution < -0.4 is 0 Å². The van der Waals surface area contributed by atoms with E-state index in [1.807, 2.05) is 6.92 Å². The lowest BCUT2D eigenvalue weighted by Crippen LogP contribution is -2.45. The van der Waals surface area contributed by atoms with Crippen molar-refractivity contribution in [3.8, 4) is 0 Å². The Balaban J connectivity index is 2.49. The van der Waals surface area contributed by atoms with Crippen molar-refractivity contribution in [3.63, 3.8) is 0 Å². The Morgan fingerprint density at radius 1 is 1.50 bits per heavy atom. The third-order valence-electron chi connectivity index (χ3n) is 2.16. The average molecular weight is 149 g/mol. The number of nitrogens with zero attached hydrogens (tertiary/aromatic N) is 1. The summed E-state index contributed by atoms with van der Waals surface area (Å²) in [5.41, 5.74) is 0. The molecular weight excluding hydrogens is 136 g/mol. The van der Waals surface area contributed by atoms with E-state index in [-0.39, 0.29) is 13.0 Å². The van der Waals surface area contributed by atoms with Gasteiger partial charge in [-0.2, -0.15) is 0 Å². The number of hydrogen-bond acceptors (Lipinski definition) is 1. The summed E-state index contributed by atoms with van der Waals surface area (Å²) in [6, 6.07) is 0.319. The van der Waals surface area contributed by atoms with Crippen molar-refractivity contribution < 1.29 is 8.78 Å². The Kier molecular flexibility index (Phi) is 1.95. The molecule has 0 spiro atoms. The van der Waals surface area contributed by atoms with Gasteiger partial charge in [0.05, 0.1) is 6.54 Å². The number of likely N-dealkylation sites (tertiary alicyclic amines) is 1. The van der Waals surface area contributed by atoms with Gasteiger partial charge in [-0.05, 0) is 20.4 Å². The Morgan fingerprint density at radius 3 is 2.50 bits per heavy atom. The normalized spacial score (nSPS) is 34.2. The van der Waals surface area contributed by atoms with E-state index in [1.165, 1.54) is 0 Å². The molecule has 1 unspecified atom stereocenters. The first kappa shape index (κ1) is 7.92. The van der Waals surface area contributed by atoms with Crippen LogP contribution in [0.4, 0.5) is 8.78 Å². The minimum absolute atomic E-state index is 0.0541. The molecule has 0 N–H and O–H groups in total. The fourth-order valence-electron chi connectivity index (χ4n) is 1.24. The predicted molar refractivity (Wildman–Crippen MR) is 36.3 cm³/mol. The van der Waals surface area contributed by atoms with Crippen molar-refractivity contribution in [1.29, 1.82) is 0 Å². The molecule has 0 aliphatic carbocycles. The summed E-state index contributed by atoms with van der Waals surface area (Å²) < 4.78 is 25.2. The molecule has 60 valence electrons. The number of hydrogen-bond donors (Lipinski definition) is 0. The van der Waals surface area contributed by atoms with E-state index in [0.29, 0.717) is 12.5 Å². The Hall–Kier alpha value is -0.180. The van der Waals surface area contributed by atoms with E-state index in [2.05, 4.69) is 0 Å². The molecule has 1 saturated heterocycles. The van der Waals surface area contributed by atoms with Gasteiger partial charge in [-0.1, -0.05) is 0 Å². The van der Waals surface area contributed by atoms with E-state index in [4.69, 9.17) is 0 Å².